The molecule has 15 heavy (non-hydrogen) atoms. The van der Waals surface area contributed by atoms with Crippen molar-refractivity contribution in [1.29, 1.82) is 0 Å². The van der Waals surface area contributed by atoms with Gasteiger partial charge >= 0.3 is 5.97 Å². The second kappa shape index (κ2) is 4.61. The number of methoxy groups -OCH3 is 1. The Balaban J connectivity index is 2.08. The summed E-state index contributed by atoms with van der Waals surface area (Å²) in [6.07, 6.45) is 5.33. The first kappa shape index (κ1) is 10.4. The van der Waals surface area contributed by atoms with Crippen molar-refractivity contribution in [3.05, 3.63) is 11.1 Å². The van der Waals surface area contributed by atoms with E-state index in [1.807, 2.05) is 0 Å². The monoisotopic (exact) mass is 226 g/mol. The highest BCUT2D eigenvalue weighted by atomic mass is 32.1. The fraction of sp³-hybridized carbons (Fsp3) is 0.600. The van der Waals surface area contributed by atoms with Gasteiger partial charge in [0.2, 0.25) is 0 Å². The Bertz CT molecular complexity index is 345. The van der Waals surface area contributed by atoms with Crippen LogP contribution in [0.1, 0.15) is 28.9 Å². The van der Waals surface area contributed by atoms with Gasteiger partial charge in [-0.25, -0.2) is 9.78 Å². The summed E-state index contributed by atoms with van der Waals surface area (Å²) in [6, 6.07) is 0. The van der Waals surface area contributed by atoms with Crippen molar-refractivity contribution in [3.63, 3.8) is 0 Å². The molecule has 1 saturated heterocycles. The molecule has 0 radical (unpaired) electrons. The molecule has 1 aliphatic heterocycles. The van der Waals surface area contributed by atoms with E-state index in [9.17, 15) is 4.79 Å². The highest BCUT2D eigenvalue weighted by Gasteiger charge is 2.16. The number of thiazole rings is 1. The number of piperidine rings is 1. The number of esters is 1. The molecule has 1 aromatic rings. The van der Waals surface area contributed by atoms with Gasteiger partial charge in [0.15, 0.2) is 5.13 Å². The van der Waals surface area contributed by atoms with E-state index >= 15 is 0 Å². The maximum atomic E-state index is 11.2. The lowest BCUT2D eigenvalue weighted by molar-refractivity contribution is 0.0606. The van der Waals surface area contributed by atoms with E-state index < -0.39 is 0 Å². The number of carbonyl (C=O) groups is 1. The van der Waals surface area contributed by atoms with Crippen LogP contribution in [0.3, 0.4) is 0 Å². The first-order valence-corrected chi connectivity index (χ1v) is 5.92. The molecule has 2 rings (SSSR count). The predicted molar refractivity (Wildman–Crippen MR) is 59.5 cm³/mol. The minimum absolute atomic E-state index is 0.296. The van der Waals surface area contributed by atoms with Gasteiger partial charge in [-0.2, -0.15) is 0 Å². The molecule has 0 aliphatic carbocycles. The first-order chi connectivity index (χ1) is 7.31. The van der Waals surface area contributed by atoms with Crippen LogP contribution in [0.25, 0.3) is 0 Å². The fourth-order valence-electron chi connectivity index (χ4n) is 1.69. The number of nitrogens with zero attached hydrogens (tertiary/aromatic N) is 2. The SMILES string of the molecule is COC(=O)c1cnc(N2CCCCC2)s1. The van der Waals surface area contributed by atoms with Crippen LogP contribution in [0.2, 0.25) is 0 Å². The summed E-state index contributed by atoms with van der Waals surface area (Å²) >= 11 is 1.41. The van der Waals surface area contributed by atoms with Gasteiger partial charge in [-0.15, -0.1) is 0 Å². The van der Waals surface area contributed by atoms with Crippen molar-refractivity contribution in [2.75, 3.05) is 25.1 Å². The fourth-order valence-corrected chi connectivity index (χ4v) is 2.58. The Kier molecular flexibility index (Phi) is 3.20. The molecule has 2 heterocycles. The highest BCUT2D eigenvalue weighted by Crippen LogP contribution is 2.25. The maximum Gasteiger partial charge on any atom is 0.349 e. The van der Waals surface area contributed by atoms with Gasteiger partial charge < -0.3 is 9.64 Å². The van der Waals surface area contributed by atoms with Gasteiger partial charge in [-0.1, -0.05) is 11.3 Å². The third-order valence-corrected chi connectivity index (χ3v) is 3.54. The summed E-state index contributed by atoms with van der Waals surface area (Å²) in [5.41, 5.74) is 0. The van der Waals surface area contributed by atoms with Crippen molar-refractivity contribution in [3.8, 4) is 0 Å². The molecule has 0 aromatic carbocycles. The van der Waals surface area contributed by atoms with Crippen LogP contribution in [-0.2, 0) is 4.74 Å². The largest absolute Gasteiger partial charge is 0.465 e. The van der Waals surface area contributed by atoms with Gasteiger partial charge in [-0.05, 0) is 19.3 Å². The second-order valence-electron chi connectivity index (χ2n) is 3.55. The number of ether oxygens (including phenoxy) is 1. The molecule has 0 amide bonds. The van der Waals surface area contributed by atoms with Crippen molar-refractivity contribution >= 4 is 22.4 Å². The van der Waals surface area contributed by atoms with Crippen molar-refractivity contribution in [1.82, 2.24) is 4.98 Å². The quantitative estimate of drug-likeness (QED) is 0.722. The number of carbonyl (C=O) groups excluding carboxylic acids is 1. The Morgan fingerprint density at radius 2 is 2.20 bits per heavy atom. The molecule has 0 atom stereocenters. The Morgan fingerprint density at radius 3 is 2.87 bits per heavy atom. The first-order valence-electron chi connectivity index (χ1n) is 5.10. The zero-order chi connectivity index (χ0) is 10.7. The van der Waals surface area contributed by atoms with Gasteiger partial charge in [0.25, 0.3) is 0 Å². The van der Waals surface area contributed by atoms with Crippen molar-refractivity contribution < 1.29 is 9.53 Å². The molecule has 1 aliphatic rings. The molecule has 5 heteroatoms. The summed E-state index contributed by atoms with van der Waals surface area (Å²) < 4.78 is 4.65. The lowest BCUT2D eigenvalue weighted by Crippen LogP contribution is -2.29. The van der Waals surface area contributed by atoms with Crippen molar-refractivity contribution in [2.45, 2.75) is 19.3 Å². The minimum Gasteiger partial charge on any atom is -0.465 e. The van der Waals surface area contributed by atoms with E-state index in [-0.39, 0.29) is 5.97 Å². The lowest BCUT2D eigenvalue weighted by Gasteiger charge is -2.25. The smallest absolute Gasteiger partial charge is 0.349 e. The molecule has 0 spiro atoms. The molecule has 1 fully saturated rings. The van der Waals surface area contributed by atoms with Gasteiger partial charge in [0.05, 0.1) is 13.3 Å². The average Bonchev–Trinajstić information content (AvgIpc) is 2.78. The number of hydrogen-bond donors (Lipinski definition) is 0. The topological polar surface area (TPSA) is 42.4 Å². The average molecular weight is 226 g/mol. The van der Waals surface area contributed by atoms with Crippen molar-refractivity contribution in [2.24, 2.45) is 0 Å². The zero-order valence-corrected chi connectivity index (χ0v) is 9.55. The van der Waals surface area contributed by atoms with Crippen LogP contribution >= 0.6 is 11.3 Å². The Hall–Kier alpha value is -1.10. The van der Waals surface area contributed by atoms with E-state index in [4.69, 9.17) is 0 Å². The number of aromatic nitrogens is 1. The minimum atomic E-state index is -0.296. The van der Waals surface area contributed by atoms with Crippen LogP contribution in [0.15, 0.2) is 6.20 Å². The molecule has 82 valence electrons. The summed E-state index contributed by atoms with van der Waals surface area (Å²) in [6.45, 7) is 2.10. The second-order valence-corrected chi connectivity index (χ2v) is 4.56. The van der Waals surface area contributed by atoms with Crippen LogP contribution < -0.4 is 4.90 Å². The van der Waals surface area contributed by atoms with Crippen LogP contribution in [0.5, 0.6) is 0 Å². The Labute approximate surface area is 92.9 Å². The lowest BCUT2D eigenvalue weighted by atomic mass is 10.1. The van der Waals surface area contributed by atoms with E-state index in [0.717, 1.165) is 18.2 Å². The summed E-state index contributed by atoms with van der Waals surface area (Å²) in [7, 11) is 1.39. The van der Waals surface area contributed by atoms with Crippen LogP contribution in [0.4, 0.5) is 5.13 Å². The summed E-state index contributed by atoms with van der Waals surface area (Å²) in [5.74, 6) is -0.296. The molecular formula is C10H14N2O2S. The van der Waals surface area contributed by atoms with Crippen LogP contribution in [-0.4, -0.2) is 31.2 Å². The van der Waals surface area contributed by atoms with E-state index in [0.29, 0.717) is 4.88 Å². The molecule has 0 saturated carbocycles. The van der Waals surface area contributed by atoms with Crippen LogP contribution in [0, 0.1) is 0 Å². The van der Waals surface area contributed by atoms with Gasteiger partial charge in [-0.3, -0.25) is 0 Å². The molecule has 0 N–H and O–H groups in total. The van der Waals surface area contributed by atoms with E-state index in [2.05, 4.69) is 14.6 Å². The number of rotatable bonds is 2. The van der Waals surface area contributed by atoms with Gasteiger partial charge in [0.1, 0.15) is 4.88 Å². The van der Waals surface area contributed by atoms with E-state index in [1.165, 1.54) is 37.7 Å². The molecular weight excluding hydrogens is 212 g/mol. The third kappa shape index (κ3) is 2.28. The predicted octanol–water partition coefficient (Wildman–Crippen LogP) is 1.92. The summed E-state index contributed by atoms with van der Waals surface area (Å²) in [5, 5.41) is 0.940. The molecule has 0 bridgehead atoms. The molecule has 0 unspecified atom stereocenters. The standard InChI is InChI=1S/C10H14N2O2S/c1-14-9(13)8-7-11-10(15-8)12-5-3-2-4-6-12/h7H,2-6H2,1H3. The van der Waals surface area contributed by atoms with E-state index in [1.54, 1.807) is 6.20 Å². The normalized spacial score (nSPS) is 16.5. The Morgan fingerprint density at radius 1 is 1.47 bits per heavy atom. The number of anilines is 1. The number of hydrogen-bond acceptors (Lipinski definition) is 5. The summed E-state index contributed by atoms with van der Waals surface area (Å²) in [4.78, 5) is 18.3. The highest BCUT2D eigenvalue weighted by molar-refractivity contribution is 7.17. The molecule has 1 aromatic heterocycles. The van der Waals surface area contributed by atoms with Gasteiger partial charge in [0, 0.05) is 13.1 Å². The molecule has 4 nitrogen and oxygen atoms in total. The third-order valence-electron chi connectivity index (χ3n) is 2.51. The zero-order valence-electron chi connectivity index (χ0n) is 8.73. The maximum absolute atomic E-state index is 11.2.